The zero-order chi connectivity index (χ0) is 13.6. The second kappa shape index (κ2) is 6.39. The van der Waals surface area contributed by atoms with Gasteiger partial charge in [-0.05, 0) is 19.1 Å². The van der Waals surface area contributed by atoms with E-state index in [0.29, 0.717) is 5.30 Å². The fraction of sp³-hybridized carbons (Fsp3) is 0.308. The molecule has 0 radical (unpaired) electrons. The van der Waals surface area contributed by atoms with Gasteiger partial charge in [0.2, 0.25) is 0 Å². The van der Waals surface area contributed by atoms with Crippen molar-refractivity contribution in [2.75, 3.05) is 6.61 Å². The van der Waals surface area contributed by atoms with Crippen LogP contribution in [0.25, 0.3) is 0 Å². The Morgan fingerprint density at radius 2 is 2.00 bits per heavy atom. The average molecular weight is 265 g/mol. The Labute approximate surface area is 107 Å². The van der Waals surface area contributed by atoms with Gasteiger partial charge in [0, 0.05) is 11.7 Å². The monoisotopic (exact) mass is 265 g/mol. The first-order valence-corrected chi connectivity index (χ1v) is 7.35. The van der Waals surface area contributed by atoms with Crippen molar-refractivity contribution in [2.45, 2.75) is 20.3 Å². The third kappa shape index (κ3) is 2.81. The highest BCUT2D eigenvalue weighted by Gasteiger charge is 2.33. The smallest absolute Gasteiger partial charge is 0.274 e. The minimum atomic E-state index is -3.49. The van der Waals surface area contributed by atoms with Crippen molar-refractivity contribution in [1.29, 1.82) is 5.26 Å². The number of benzene rings is 1. The molecule has 5 heteroatoms. The van der Waals surface area contributed by atoms with E-state index in [1.807, 2.05) is 6.07 Å². The summed E-state index contributed by atoms with van der Waals surface area (Å²) in [4.78, 5) is 0. The molecule has 1 aromatic carbocycles. The van der Waals surface area contributed by atoms with Crippen LogP contribution in [0.3, 0.4) is 0 Å². The number of nitriles is 1. The Morgan fingerprint density at radius 1 is 1.39 bits per heavy atom. The summed E-state index contributed by atoms with van der Waals surface area (Å²) in [6.45, 7) is 3.59. The van der Waals surface area contributed by atoms with Crippen molar-refractivity contribution in [2.24, 2.45) is 0 Å². The Kier molecular flexibility index (Phi) is 5.15. The number of nitrogens with zero attached hydrogens (tertiary/aromatic N) is 1. The Morgan fingerprint density at radius 3 is 2.44 bits per heavy atom. The Balaban J connectivity index is 3.43. The molecular formula is C13H16NO3P. The van der Waals surface area contributed by atoms with Crippen LogP contribution in [-0.4, -0.2) is 11.7 Å². The molecule has 0 amide bonds. The molecule has 0 aliphatic heterocycles. The van der Waals surface area contributed by atoms with E-state index in [1.54, 1.807) is 44.2 Å². The topological polar surface area (TPSA) is 70.3 Å². The molecule has 4 nitrogen and oxygen atoms in total. The van der Waals surface area contributed by atoms with Crippen molar-refractivity contribution in [1.82, 2.24) is 0 Å². The van der Waals surface area contributed by atoms with Gasteiger partial charge in [0.25, 0.3) is 7.37 Å². The first-order valence-electron chi connectivity index (χ1n) is 5.73. The molecule has 0 aromatic heterocycles. The summed E-state index contributed by atoms with van der Waals surface area (Å²) in [7, 11) is -3.49. The molecule has 0 spiro atoms. The molecule has 18 heavy (non-hydrogen) atoms. The highest BCUT2D eigenvalue weighted by molar-refractivity contribution is 7.71. The summed E-state index contributed by atoms with van der Waals surface area (Å²) < 4.78 is 18.2. The van der Waals surface area contributed by atoms with Gasteiger partial charge in [0.05, 0.1) is 6.61 Å². The van der Waals surface area contributed by atoms with Gasteiger partial charge in [0.15, 0.2) is 5.31 Å². The Hall–Kier alpha value is -1.56. The van der Waals surface area contributed by atoms with E-state index >= 15 is 0 Å². The zero-order valence-electron chi connectivity index (χ0n) is 10.5. The van der Waals surface area contributed by atoms with E-state index in [0.717, 1.165) is 0 Å². The number of allylic oxidation sites excluding steroid dienone is 2. The molecule has 0 bridgehead atoms. The maximum absolute atomic E-state index is 12.9. The molecule has 1 aromatic rings. The van der Waals surface area contributed by atoms with E-state index in [9.17, 15) is 9.67 Å². The van der Waals surface area contributed by atoms with Gasteiger partial charge in [-0.1, -0.05) is 25.1 Å². The summed E-state index contributed by atoms with van der Waals surface area (Å²) in [5.74, 6) is -0.182. The van der Waals surface area contributed by atoms with Gasteiger partial charge >= 0.3 is 0 Å². The molecule has 0 aliphatic carbocycles. The molecule has 1 N–H and O–H groups in total. The van der Waals surface area contributed by atoms with Crippen LogP contribution >= 0.6 is 7.37 Å². The van der Waals surface area contributed by atoms with Crippen molar-refractivity contribution in [3.63, 3.8) is 0 Å². The van der Waals surface area contributed by atoms with Crippen molar-refractivity contribution >= 4 is 12.7 Å². The summed E-state index contributed by atoms with van der Waals surface area (Å²) in [5.41, 5.74) is 0. The normalized spacial score (nSPS) is 15.4. The number of aliphatic hydroxyl groups excluding tert-OH is 1. The van der Waals surface area contributed by atoms with Crippen LogP contribution < -0.4 is 5.30 Å². The highest BCUT2D eigenvalue weighted by atomic mass is 31.2. The first kappa shape index (κ1) is 14.5. The summed E-state index contributed by atoms with van der Waals surface area (Å²) >= 11 is 0. The number of aliphatic hydroxyl groups is 1. The van der Waals surface area contributed by atoms with Crippen LogP contribution in [0.15, 0.2) is 41.4 Å². The van der Waals surface area contributed by atoms with E-state index in [-0.39, 0.29) is 24.1 Å². The predicted octanol–water partition coefficient (Wildman–Crippen LogP) is 3.33. The fourth-order valence-corrected chi connectivity index (χ4v) is 3.64. The van der Waals surface area contributed by atoms with E-state index in [1.165, 1.54) is 0 Å². The minimum absolute atomic E-state index is 0.168. The number of hydrogen-bond donors (Lipinski definition) is 1. The molecule has 0 aliphatic rings. The predicted molar refractivity (Wildman–Crippen MR) is 70.9 cm³/mol. The largest absolute Gasteiger partial charge is 0.511 e. The zero-order valence-corrected chi connectivity index (χ0v) is 11.4. The number of hydrogen-bond acceptors (Lipinski definition) is 4. The third-order valence-electron chi connectivity index (χ3n) is 2.42. The molecule has 1 unspecified atom stereocenters. The Bertz CT molecular complexity index is 517. The standard InChI is InChI=1S/C13H16NO3P/c1-3-12(15)13(10-14)18(16,17-4-2)11-8-6-5-7-9-11/h5-9,15H,3-4H2,1-2H3/b13-12-. The van der Waals surface area contributed by atoms with Crippen molar-refractivity contribution in [3.8, 4) is 6.07 Å². The van der Waals surface area contributed by atoms with Gasteiger partial charge in [-0.25, -0.2) is 0 Å². The minimum Gasteiger partial charge on any atom is -0.511 e. The molecule has 96 valence electrons. The first-order chi connectivity index (χ1) is 8.60. The van der Waals surface area contributed by atoms with Gasteiger partial charge in [0.1, 0.15) is 11.8 Å². The van der Waals surface area contributed by atoms with Crippen LogP contribution in [0.4, 0.5) is 0 Å². The molecule has 1 atom stereocenters. The quantitative estimate of drug-likeness (QED) is 0.503. The fourth-order valence-electron chi connectivity index (χ4n) is 1.54. The van der Waals surface area contributed by atoms with Gasteiger partial charge in [-0.2, -0.15) is 5.26 Å². The average Bonchev–Trinajstić information content (AvgIpc) is 2.40. The maximum atomic E-state index is 12.9. The molecule has 0 saturated carbocycles. The van der Waals surface area contributed by atoms with Crippen molar-refractivity contribution < 1.29 is 14.2 Å². The van der Waals surface area contributed by atoms with Gasteiger partial charge < -0.3 is 9.63 Å². The van der Waals surface area contributed by atoms with Crippen LogP contribution in [0.1, 0.15) is 20.3 Å². The highest BCUT2D eigenvalue weighted by Crippen LogP contribution is 2.54. The maximum Gasteiger partial charge on any atom is 0.274 e. The lowest BCUT2D eigenvalue weighted by atomic mass is 10.4. The molecular weight excluding hydrogens is 249 g/mol. The molecule has 0 saturated heterocycles. The van der Waals surface area contributed by atoms with Crippen LogP contribution in [-0.2, 0) is 9.09 Å². The third-order valence-corrected chi connectivity index (χ3v) is 4.96. The van der Waals surface area contributed by atoms with Crippen LogP contribution in [0, 0.1) is 11.3 Å². The summed E-state index contributed by atoms with van der Waals surface area (Å²) in [5, 5.41) is 19.1. The lowest BCUT2D eigenvalue weighted by molar-refractivity contribution is 0.341. The van der Waals surface area contributed by atoms with Crippen LogP contribution in [0.5, 0.6) is 0 Å². The molecule has 0 heterocycles. The molecule has 0 fully saturated rings. The second-order valence-electron chi connectivity index (χ2n) is 3.57. The number of rotatable bonds is 5. The van der Waals surface area contributed by atoms with E-state index in [4.69, 9.17) is 9.79 Å². The van der Waals surface area contributed by atoms with Crippen LogP contribution in [0.2, 0.25) is 0 Å². The SMILES string of the molecule is CCOP(=O)(/C(C#N)=C(\O)CC)c1ccccc1. The van der Waals surface area contributed by atoms with Gasteiger partial charge in [-0.3, -0.25) is 4.57 Å². The van der Waals surface area contributed by atoms with Crippen molar-refractivity contribution in [3.05, 3.63) is 41.4 Å². The summed E-state index contributed by atoms with van der Waals surface area (Å²) in [6, 6.07) is 10.3. The second-order valence-corrected chi connectivity index (χ2v) is 5.89. The van der Waals surface area contributed by atoms with E-state index < -0.39 is 7.37 Å². The lowest BCUT2D eigenvalue weighted by Crippen LogP contribution is -2.10. The lowest BCUT2D eigenvalue weighted by Gasteiger charge is -2.18. The van der Waals surface area contributed by atoms with Gasteiger partial charge in [-0.15, -0.1) is 0 Å². The summed E-state index contributed by atoms with van der Waals surface area (Å²) in [6.07, 6.45) is 0.243. The molecule has 1 rings (SSSR count). The van der Waals surface area contributed by atoms with E-state index in [2.05, 4.69) is 0 Å².